The van der Waals surface area contributed by atoms with Gasteiger partial charge in [-0.15, -0.1) is 24.0 Å². The zero-order valence-corrected chi connectivity index (χ0v) is 18.2. The third-order valence-corrected chi connectivity index (χ3v) is 4.30. The summed E-state index contributed by atoms with van der Waals surface area (Å²) in [7, 11) is 0. The van der Waals surface area contributed by atoms with Crippen LogP contribution in [-0.2, 0) is 4.79 Å². The average molecular weight is 495 g/mol. The molecule has 0 aliphatic carbocycles. The average Bonchev–Trinajstić information content (AvgIpc) is 2.57. The largest absolute Gasteiger partial charge is 0.492 e. The molecule has 1 saturated heterocycles. The quantitative estimate of drug-likeness (QED) is 0.264. The predicted octanol–water partition coefficient (Wildman–Crippen LogP) is 2.89. The molecule has 2 rings (SSSR count). The van der Waals surface area contributed by atoms with E-state index in [1.165, 1.54) is 0 Å². The highest BCUT2D eigenvalue weighted by Crippen LogP contribution is 2.19. The van der Waals surface area contributed by atoms with Gasteiger partial charge in [-0.25, -0.2) is 4.99 Å². The van der Waals surface area contributed by atoms with Crippen LogP contribution >= 0.6 is 35.6 Å². The van der Waals surface area contributed by atoms with Gasteiger partial charge in [0, 0.05) is 31.1 Å². The zero-order chi connectivity index (χ0) is 18.1. The van der Waals surface area contributed by atoms with Crippen LogP contribution in [-0.4, -0.2) is 49.6 Å². The predicted molar refractivity (Wildman–Crippen MR) is 116 cm³/mol. The number of primary amides is 1. The Morgan fingerprint density at radius 3 is 3.00 bits per heavy atom. The first-order valence-corrected chi connectivity index (χ1v) is 9.16. The van der Waals surface area contributed by atoms with E-state index in [2.05, 4.69) is 15.2 Å². The molecule has 1 aromatic carbocycles. The van der Waals surface area contributed by atoms with E-state index in [9.17, 15) is 4.79 Å². The lowest BCUT2D eigenvalue weighted by Gasteiger charge is -2.34. The highest BCUT2D eigenvalue weighted by Gasteiger charge is 2.23. The second kappa shape index (κ2) is 12.2. The Bertz CT molecular complexity index is 600. The lowest BCUT2D eigenvalue weighted by atomic mass is 9.95. The van der Waals surface area contributed by atoms with E-state index in [1.807, 2.05) is 25.1 Å². The van der Waals surface area contributed by atoms with Crippen molar-refractivity contribution in [2.24, 2.45) is 16.6 Å². The molecule has 0 radical (unpaired) electrons. The summed E-state index contributed by atoms with van der Waals surface area (Å²) < 4.78 is 5.68. The second-order valence-electron chi connectivity index (χ2n) is 6.17. The Kier molecular flexibility index (Phi) is 10.7. The Morgan fingerprint density at radius 2 is 2.31 bits per heavy atom. The Morgan fingerprint density at radius 1 is 1.50 bits per heavy atom. The van der Waals surface area contributed by atoms with Gasteiger partial charge < -0.3 is 20.7 Å². The highest BCUT2D eigenvalue weighted by molar-refractivity contribution is 14.0. The van der Waals surface area contributed by atoms with Crippen LogP contribution in [0.25, 0.3) is 0 Å². The van der Waals surface area contributed by atoms with E-state index in [-0.39, 0.29) is 29.9 Å². The lowest BCUT2D eigenvalue weighted by molar-refractivity contribution is -0.119. The highest BCUT2D eigenvalue weighted by atomic mass is 127. The van der Waals surface area contributed by atoms with Crippen LogP contribution in [0.1, 0.15) is 26.2 Å². The number of nitrogens with zero attached hydrogens (tertiary/aromatic N) is 2. The summed E-state index contributed by atoms with van der Waals surface area (Å²) in [4.78, 5) is 18.0. The number of hydrogen-bond acceptors (Lipinski definition) is 3. The minimum Gasteiger partial charge on any atom is -0.492 e. The fourth-order valence-electron chi connectivity index (χ4n) is 3.01. The van der Waals surface area contributed by atoms with Gasteiger partial charge in [0.1, 0.15) is 12.4 Å². The number of halogens is 2. The number of carbonyl (C=O) groups excluding carboxylic acids is 1. The summed E-state index contributed by atoms with van der Waals surface area (Å²) in [6.45, 7) is 5.62. The fourth-order valence-corrected chi connectivity index (χ4v) is 3.19. The number of nitrogens with two attached hydrogens (primary N) is 1. The first-order chi connectivity index (χ1) is 12.1. The van der Waals surface area contributed by atoms with Crippen LogP contribution < -0.4 is 15.8 Å². The van der Waals surface area contributed by atoms with E-state index in [1.54, 1.807) is 6.07 Å². The molecule has 26 heavy (non-hydrogen) atoms. The zero-order valence-electron chi connectivity index (χ0n) is 15.1. The fraction of sp³-hybridized carbons (Fsp3) is 0.556. The summed E-state index contributed by atoms with van der Waals surface area (Å²) in [6, 6.07) is 7.34. The van der Waals surface area contributed by atoms with E-state index in [0.717, 1.165) is 44.2 Å². The third kappa shape index (κ3) is 7.99. The molecule has 0 bridgehead atoms. The van der Waals surface area contributed by atoms with Gasteiger partial charge in [0.05, 0.1) is 6.54 Å². The first kappa shape index (κ1) is 22.8. The molecule has 1 unspecified atom stereocenters. The summed E-state index contributed by atoms with van der Waals surface area (Å²) in [5.41, 5.74) is 5.34. The molecule has 146 valence electrons. The van der Waals surface area contributed by atoms with Crippen molar-refractivity contribution in [2.45, 2.75) is 26.2 Å². The van der Waals surface area contributed by atoms with Crippen molar-refractivity contribution >= 4 is 47.4 Å². The number of piperidine rings is 1. The number of amides is 1. The van der Waals surface area contributed by atoms with Crippen LogP contribution in [0.5, 0.6) is 5.75 Å². The minimum atomic E-state index is -0.233. The summed E-state index contributed by atoms with van der Waals surface area (Å²) in [6.07, 6.45) is 2.52. The molecule has 1 atom stereocenters. The van der Waals surface area contributed by atoms with Crippen molar-refractivity contribution in [1.29, 1.82) is 0 Å². The summed E-state index contributed by atoms with van der Waals surface area (Å²) in [5.74, 6) is 1.68. The maximum atomic E-state index is 11.2. The Balaban J connectivity index is 0.00000338. The van der Waals surface area contributed by atoms with Crippen molar-refractivity contribution in [2.75, 3.05) is 32.8 Å². The third-order valence-electron chi connectivity index (χ3n) is 4.06. The second-order valence-corrected chi connectivity index (χ2v) is 6.60. The molecule has 0 saturated carbocycles. The molecular weight excluding hydrogens is 467 g/mol. The molecule has 1 aromatic rings. The monoisotopic (exact) mass is 494 g/mol. The molecule has 1 aliphatic rings. The number of guanidine groups is 1. The van der Waals surface area contributed by atoms with Crippen molar-refractivity contribution in [1.82, 2.24) is 10.2 Å². The molecule has 3 N–H and O–H groups in total. The van der Waals surface area contributed by atoms with Crippen LogP contribution in [0.2, 0.25) is 5.02 Å². The summed E-state index contributed by atoms with van der Waals surface area (Å²) >= 11 is 5.94. The number of rotatable bonds is 7. The molecule has 0 spiro atoms. The van der Waals surface area contributed by atoms with Gasteiger partial charge in [0.2, 0.25) is 5.91 Å². The van der Waals surface area contributed by atoms with E-state index >= 15 is 0 Å². The SMILES string of the molecule is CCNC(=NCCOc1cccc(Cl)c1)N1CCCC(CC(N)=O)C1.I. The number of benzene rings is 1. The minimum absolute atomic E-state index is 0. The molecule has 6 nitrogen and oxygen atoms in total. The summed E-state index contributed by atoms with van der Waals surface area (Å²) in [5, 5.41) is 3.97. The topological polar surface area (TPSA) is 80.0 Å². The first-order valence-electron chi connectivity index (χ1n) is 8.78. The van der Waals surface area contributed by atoms with E-state index in [0.29, 0.717) is 30.5 Å². The van der Waals surface area contributed by atoms with Gasteiger partial charge in [0.25, 0.3) is 0 Å². The van der Waals surface area contributed by atoms with Crippen LogP contribution in [0, 0.1) is 5.92 Å². The Hall–Kier alpha value is -1.22. The van der Waals surface area contributed by atoms with Gasteiger partial charge >= 0.3 is 0 Å². The number of likely N-dealkylation sites (tertiary alicyclic amines) is 1. The molecule has 1 fully saturated rings. The van der Waals surface area contributed by atoms with Gasteiger partial charge in [-0.05, 0) is 43.9 Å². The standard InChI is InChI=1S/C18H27ClN4O2.HI/c1-2-21-18(23-9-4-5-14(13-23)11-17(20)24)22-8-10-25-16-7-3-6-15(19)12-16;/h3,6-7,12,14H,2,4-5,8-11,13H2,1H3,(H2,20,24)(H,21,22);1H. The van der Waals surface area contributed by atoms with Crippen LogP contribution in [0.15, 0.2) is 29.3 Å². The number of hydrogen-bond donors (Lipinski definition) is 2. The van der Waals surface area contributed by atoms with Gasteiger partial charge in [-0.2, -0.15) is 0 Å². The van der Waals surface area contributed by atoms with Gasteiger partial charge in [-0.3, -0.25) is 4.79 Å². The Labute approximate surface area is 177 Å². The van der Waals surface area contributed by atoms with Crippen molar-refractivity contribution in [3.8, 4) is 5.75 Å². The number of nitrogens with one attached hydrogen (secondary N) is 1. The molecule has 1 heterocycles. The van der Waals surface area contributed by atoms with Gasteiger partial charge in [-0.1, -0.05) is 17.7 Å². The maximum Gasteiger partial charge on any atom is 0.217 e. The number of carbonyl (C=O) groups is 1. The van der Waals surface area contributed by atoms with Crippen LogP contribution in [0.3, 0.4) is 0 Å². The maximum absolute atomic E-state index is 11.2. The molecule has 1 amide bonds. The van der Waals surface area contributed by atoms with Crippen LogP contribution in [0.4, 0.5) is 0 Å². The van der Waals surface area contributed by atoms with Crippen molar-refractivity contribution in [3.63, 3.8) is 0 Å². The molecule has 8 heteroatoms. The molecule has 1 aliphatic heterocycles. The van der Waals surface area contributed by atoms with Gasteiger partial charge in [0.15, 0.2) is 5.96 Å². The van der Waals surface area contributed by atoms with Crippen molar-refractivity contribution in [3.05, 3.63) is 29.3 Å². The smallest absolute Gasteiger partial charge is 0.217 e. The lowest BCUT2D eigenvalue weighted by Crippen LogP contribution is -2.47. The normalized spacial score (nSPS) is 17.4. The van der Waals surface area contributed by atoms with E-state index < -0.39 is 0 Å². The molecule has 0 aromatic heterocycles. The van der Waals surface area contributed by atoms with E-state index in [4.69, 9.17) is 22.1 Å². The molecular formula is C18H28ClIN4O2. The van der Waals surface area contributed by atoms with Crippen molar-refractivity contribution < 1.29 is 9.53 Å². The number of ether oxygens (including phenoxy) is 1. The number of aliphatic imine (C=N–C) groups is 1.